The van der Waals surface area contributed by atoms with Gasteiger partial charge in [-0.05, 0) is 58.4 Å². The fourth-order valence-corrected chi connectivity index (χ4v) is 3.91. The lowest BCUT2D eigenvalue weighted by molar-refractivity contribution is -0.138. The van der Waals surface area contributed by atoms with Crippen LogP contribution in [0.15, 0.2) is 103 Å². The van der Waals surface area contributed by atoms with E-state index in [1.807, 2.05) is 97.1 Å². The average Bonchev–Trinajstić information content (AvgIpc) is 2.85. The van der Waals surface area contributed by atoms with E-state index in [9.17, 15) is 9.90 Å². The van der Waals surface area contributed by atoms with E-state index in [1.54, 1.807) is 6.07 Å². The van der Waals surface area contributed by atoms with E-state index in [2.05, 4.69) is 6.07 Å². The van der Waals surface area contributed by atoms with E-state index in [0.29, 0.717) is 18.4 Å². The van der Waals surface area contributed by atoms with Gasteiger partial charge in [-0.3, -0.25) is 4.79 Å². The SMILES string of the molecule is N#Cc1cccc(-c2ccc(CCC(C(=O)O)c3ccc(-c4ccccc4)cc3)cc2)c1. The summed E-state index contributed by atoms with van der Waals surface area (Å²) in [4.78, 5) is 11.9. The van der Waals surface area contributed by atoms with Crippen LogP contribution in [0.4, 0.5) is 0 Å². The Hall–Kier alpha value is -4.16. The first kappa shape index (κ1) is 21.1. The molecular weight excluding hydrogens is 394 g/mol. The van der Waals surface area contributed by atoms with Crippen molar-refractivity contribution in [2.24, 2.45) is 0 Å². The highest BCUT2D eigenvalue weighted by molar-refractivity contribution is 5.76. The second-order valence-corrected chi connectivity index (χ2v) is 7.81. The van der Waals surface area contributed by atoms with E-state index >= 15 is 0 Å². The van der Waals surface area contributed by atoms with Gasteiger partial charge in [0.05, 0.1) is 17.6 Å². The van der Waals surface area contributed by atoms with Gasteiger partial charge in [0.2, 0.25) is 0 Å². The molecule has 4 aromatic rings. The normalized spacial score (nSPS) is 11.5. The van der Waals surface area contributed by atoms with Crippen molar-refractivity contribution < 1.29 is 9.90 Å². The van der Waals surface area contributed by atoms with Crippen molar-refractivity contribution in [3.63, 3.8) is 0 Å². The van der Waals surface area contributed by atoms with Crippen LogP contribution in [0.5, 0.6) is 0 Å². The number of nitriles is 1. The quantitative estimate of drug-likeness (QED) is 0.364. The largest absolute Gasteiger partial charge is 0.481 e. The summed E-state index contributed by atoms with van der Waals surface area (Å²) >= 11 is 0. The van der Waals surface area contributed by atoms with Crippen molar-refractivity contribution in [2.45, 2.75) is 18.8 Å². The fraction of sp³-hybridized carbons (Fsp3) is 0.103. The molecule has 0 spiro atoms. The molecule has 1 N–H and O–H groups in total. The molecule has 32 heavy (non-hydrogen) atoms. The van der Waals surface area contributed by atoms with Crippen LogP contribution in [0.3, 0.4) is 0 Å². The molecule has 156 valence electrons. The molecule has 0 aliphatic heterocycles. The highest BCUT2D eigenvalue weighted by Crippen LogP contribution is 2.27. The van der Waals surface area contributed by atoms with Crippen LogP contribution in [-0.2, 0) is 11.2 Å². The number of carbonyl (C=O) groups is 1. The second-order valence-electron chi connectivity index (χ2n) is 7.81. The van der Waals surface area contributed by atoms with E-state index in [-0.39, 0.29) is 0 Å². The maximum absolute atomic E-state index is 11.9. The van der Waals surface area contributed by atoms with E-state index < -0.39 is 11.9 Å². The van der Waals surface area contributed by atoms with Gasteiger partial charge in [0.25, 0.3) is 0 Å². The smallest absolute Gasteiger partial charge is 0.310 e. The Bertz CT molecular complexity index is 1240. The summed E-state index contributed by atoms with van der Waals surface area (Å²) in [5.74, 6) is -1.35. The number of nitrogens with zero attached hydrogens (tertiary/aromatic N) is 1. The number of hydrogen-bond acceptors (Lipinski definition) is 2. The first-order valence-electron chi connectivity index (χ1n) is 10.6. The Kier molecular flexibility index (Phi) is 6.43. The molecule has 0 bridgehead atoms. The number of aliphatic carboxylic acids is 1. The molecule has 3 heteroatoms. The molecular formula is C29H23NO2. The Morgan fingerprint density at radius 3 is 2.00 bits per heavy atom. The van der Waals surface area contributed by atoms with Gasteiger partial charge in [-0.25, -0.2) is 0 Å². The third-order valence-corrected chi connectivity index (χ3v) is 5.72. The van der Waals surface area contributed by atoms with Gasteiger partial charge in [-0.2, -0.15) is 5.26 Å². The number of benzene rings is 4. The summed E-state index contributed by atoms with van der Waals surface area (Å²) in [6, 6.07) is 35.7. The summed E-state index contributed by atoms with van der Waals surface area (Å²) in [6.45, 7) is 0. The van der Waals surface area contributed by atoms with Crippen LogP contribution in [0.25, 0.3) is 22.3 Å². The predicted molar refractivity (Wildman–Crippen MR) is 127 cm³/mol. The molecule has 0 aromatic heterocycles. The van der Waals surface area contributed by atoms with Crippen LogP contribution >= 0.6 is 0 Å². The van der Waals surface area contributed by atoms with Gasteiger partial charge in [-0.1, -0.05) is 91.0 Å². The number of rotatable bonds is 7. The molecule has 0 heterocycles. The molecule has 0 amide bonds. The summed E-state index contributed by atoms with van der Waals surface area (Å²) in [5.41, 5.74) is 6.78. The van der Waals surface area contributed by atoms with E-state index in [1.165, 1.54) is 0 Å². The molecule has 0 radical (unpaired) electrons. The predicted octanol–water partition coefficient (Wildman–Crippen LogP) is 6.69. The van der Waals surface area contributed by atoms with Crippen molar-refractivity contribution in [1.29, 1.82) is 5.26 Å². The van der Waals surface area contributed by atoms with Crippen LogP contribution in [0.2, 0.25) is 0 Å². The zero-order valence-corrected chi connectivity index (χ0v) is 17.6. The Balaban J connectivity index is 1.45. The highest BCUT2D eigenvalue weighted by atomic mass is 16.4. The van der Waals surface area contributed by atoms with Gasteiger partial charge in [0.15, 0.2) is 0 Å². The molecule has 4 aromatic carbocycles. The molecule has 1 unspecified atom stereocenters. The standard InChI is InChI=1S/C29H23NO2/c30-20-22-5-4-8-27(19-22)25-12-9-21(10-13-25)11-18-28(29(31)32)26-16-14-24(15-17-26)23-6-2-1-3-7-23/h1-10,12-17,19,28H,11,18H2,(H,31,32). The lowest BCUT2D eigenvalue weighted by atomic mass is 9.90. The third kappa shape index (κ3) is 4.94. The van der Waals surface area contributed by atoms with Crippen LogP contribution in [0.1, 0.15) is 29.0 Å². The Morgan fingerprint density at radius 2 is 1.34 bits per heavy atom. The maximum Gasteiger partial charge on any atom is 0.310 e. The highest BCUT2D eigenvalue weighted by Gasteiger charge is 2.19. The number of carboxylic acids is 1. The minimum Gasteiger partial charge on any atom is -0.481 e. The zero-order valence-electron chi connectivity index (χ0n) is 17.6. The lowest BCUT2D eigenvalue weighted by Gasteiger charge is -2.14. The molecule has 0 aliphatic rings. The lowest BCUT2D eigenvalue weighted by Crippen LogP contribution is -2.12. The van der Waals surface area contributed by atoms with Gasteiger partial charge < -0.3 is 5.11 Å². The molecule has 4 rings (SSSR count). The number of hydrogen-bond donors (Lipinski definition) is 1. The molecule has 3 nitrogen and oxygen atoms in total. The maximum atomic E-state index is 11.9. The Morgan fingerprint density at radius 1 is 0.750 bits per heavy atom. The molecule has 0 saturated carbocycles. The van der Waals surface area contributed by atoms with Crippen molar-refractivity contribution in [3.05, 3.63) is 120 Å². The minimum absolute atomic E-state index is 0.531. The summed E-state index contributed by atoms with van der Waals surface area (Å²) in [6.07, 6.45) is 1.21. The topological polar surface area (TPSA) is 61.1 Å². The summed E-state index contributed by atoms with van der Waals surface area (Å²) in [5, 5.41) is 18.9. The van der Waals surface area contributed by atoms with Crippen molar-refractivity contribution in [2.75, 3.05) is 0 Å². The van der Waals surface area contributed by atoms with Gasteiger partial charge in [0, 0.05) is 0 Å². The monoisotopic (exact) mass is 417 g/mol. The molecule has 0 fully saturated rings. The number of carboxylic acid groups (broad SMARTS) is 1. The van der Waals surface area contributed by atoms with Crippen molar-refractivity contribution >= 4 is 5.97 Å². The molecule has 0 aliphatic carbocycles. The zero-order chi connectivity index (χ0) is 22.3. The second kappa shape index (κ2) is 9.76. The first-order chi connectivity index (χ1) is 15.6. The fourth-order valence-electron chi connectivity index (χ4n) is 3.91. The van der Waals surface area contributed by atoms with Crippen molar-refractivity contribution in [1.82, 2.24) is 0 Å². The van der Waals surface area contributed by atoms with Gasteiger partial charge in [0.1, 0.15) is 0 Å². The first-order valence-corrected chi connectivity index (χ1v) is 10.6. The molecule has 1 atom stereocenters. The molecule has 0 saturated heterocycles. The van der Waals surface area contributed by atoms with E-state index in [4.69, 9.17) is 5.26 Å². The van der Waals surface area contributed by atoms with Gasteiger partial charge >= 0.3 is 5.97 Å². The van der Waals surface area contributed by atoms with Crippen LogP contribution in [0, 0.1) is 11.3 Å². The Labute approximate surface area is 188 Å². The van der Waals surface area contributed by atoms with E-state index in [0.717, 1.165) is 33.4 Å². The average molecular weight is 418 g/mol. The van der Waals surface area contributed by atoms with Crippen LogP contribution < -0.4 is 0 Å². The third-order valence-electron chi connectivity index (χ3n) is 5.72. The minimum atomic E-state index is -0.803. The summed E-state index contributed by atoms with van der Waals surface area (Å²) < 4.78 is 0. The van der Waals surface area contributed by atoms with Crippen LogP contribution in [-0.4, -0.2) is 11.1 Å². The summed E-state index contributed by atoms with van der Waals surface area (Å²) in [7, 11) is 0. The van der Waals surface area contributed by atoms with Crippen molar-refractivity contribution in [3.8, 4) is 28.3 Å². The number of aryl methyl sites for hydroxylation is 1. The van der Waals surface area contributed by atoms with Gasteiger partial charge in [-0.15, -0.1) is 0 Å².